The lowest BCUT2D eigenvalue weighted by molar-refractivity contribution is 0.372. The van der Waals surface area contributed by atoms with E-state index >= 15 is 0 Å². The summed E-state index contributed by atoms with van der Waals surface area (Å²) in [6, 6.07) is 0. The molecule has 1 unspecified atom stereocenters. The Morgan fingerprint density at radius 3 is 2.25 bits per heavy atom. The summed E-state index contributed by atoms with van der Waals surface area (Å²) in [6.45, 7) is 3.50. The Labute approximate surface area is 49.1 Å². The topological polar surface area (TPSA) is 29.3 Å². The molecule has 1 rings (SSSR count). The molecule has 1 aliphatic heterocycles. The van der Waals surface area contributed by atoms with E-state index in [9.17, 15) is 4.57 Å². The minimum atomic E-state index is -2.30. The Balaban J connectivity index is 2.50. The molecule has 3 nitrogen and oxygen atoms in total. The van der Waals surface area contributed by atoms with Gasteiger partial charge in [0.2, 0.25) is 0 Å². The third-order valence-corrected chi connectivity index (χ3v) is 3.38. The first-order valence-corrected chi connectivity index (χ1v) is 4.58. The Morgan fingerprint density at radius 1 is 1.62 bits per heavy atom. The first-order chi connectivity index (χ1) is 3.67. The maximum atomic E-state index is 11.0. The molecule has 1 saturated heterocycles. The minimum absolute atomic E-state index is 0.932. The fourth-order valence-corrected chi connectivity index (χ4v) is 1.57. The van der Waals surface area contributed by atoms with Gasteiger partial charge in [0.15, 0.2) is 0 Å². The van der Waals surface area contributed by atoms with Crippen molar-refractivity contribution in [1.29, 1.82) is 0 Å². The lowest BCUT2D eigenvalue weighted by Gasteiger charge is -2.08. The number of rotatable bonds is 2. The van der Waals surface area contributed by atoms with Gasteiger partial charge in [-0.15, -0.1) is 0 Å². The second kappa shape index (κ2) is 1.83. The molecule has 0 aromatic heterocycles. The summed E-state index contributed by atoms with van der Waals surface area (Å²) in [6.07, 6.45) is 0. The van der Waals surface area contributed by atoms with Crippen molar-refractivity contribution in [2.24, 2.45) is 0 Å². The highest BCUT2D eigenvalue weighted by atomic mass is 31.2. The van der Waals surface area contributed by atoms with Gasteiger partial charge in [-0.1, -0.05) is 0 Å². The third kappa shape index (κ3) is 1.10. The van der Waals surface area contributed by atoms with E-state index in [1.165, 1.54) is 7.11 Å². The molecule has 1 heterocycles. The highest BCUT2D eigenvalue weighted by Gasteiger charge is 2.33. The summed E-state index contributed by atoms with van der Waals surface area (Å²) in [4.78, 5) is 0. The fourth-order valence-electron chi connectivity index (χ4n) is 0.523. The molecule has 1 atom stereocenters. The van der Waals surface area contributed by atoms with Crippen LogP contribution < -0.4 is 0 Å². The molecule has 0 aromatic rings. The monoisotopic (exact) mass is 135 g/mol. The van der Waals surface area contributed by atoms with Gasteiger partial charge in [0.1, 0.15) is 0 Å². The van der Waals surface area contributed by atoms with Crippen LogP contribution in [0.1, 0.15) is 0 Å². The minimum Gasteiger partial charge on any atom is -0.321 e. The number of hydrogen-bond donors (Lipinski definition) is 0. The molecule has 8 heavy (non-hydrogen) atoms. The van der Waals surface area contributed by atoms with Crippen LogP contribution in [0.3, 0.4) is 0 Å². The van der Waals surface area contributed by atoms with E-state index in [0.717, 1.165) is 13.1 Å². The number of hydrogen-bond acceptors (Lipinski definition) is 2. The van der Waals surface area contributed by atoms with Crippen LogP contribution in [0, 0.1) is 0 Å². The Kier molecular flexibility index (Phi) is 1.44. The molecule has 1 aliphatic rings. The Morgan fingerprint density at radius 2 is 2.12 bits per heavy atom. The van der Waals surface area contributed by atoms with Crippen LogP contribution in [0.5, 0.6) is 0 Å². The molecule has 0 saturated carbocycles. The quantitative estimate of drug-likeness (QED) is 0.413. The summed E-state index contributed by atoms with van der Waals surface area (Å²) < 4.78 is 17.6. The molecular weight excluding hydrogens is 125 g/mol. The molecular formula is C4H10NO2P. The van der Waals surface area contributed by atoms with Crippen molar-refractivity contribution in [3.8, 4) is 0 Å². The average molecular weight is 135 g/mol. The fraction of sp³-hybridized carbons (Fsp3) is 1.00. The van der Waals surface area contributed by atoms with E-state index in [-0.39, 0.29) is 0 Å². The smallest absolute Gasteiger partial charge is 0.269 e. The van der Waals surface area contributed by atoms with Crippen molar-refractivity contribution < 1.29 is 9.09 Å². The van der Waals surface area contributed by atoms with Crippen molar-refractivity contribution in [3.63, 3.8) is 0 Å². The van der Waals surface area contributed by atoms with Crippen LogP contribution in [-0.2, 0) is 9.09 Å². The zero-order chi connectivity index (χ0) is 6.20. The molecule has 0 aromatic carbocycles. The van der Waals surface area contributed by atoms with E-state index in [1.54, 1.807) is 6.66 Å². The maximum absolute atomic E-state index is 11.0. The molecule has 0 amide bonds. The van der Waals surface area contributed by atoms with Crippen LogP contribution in [-0.4, -0.2) is 31.5 Å². The normalized spacial score (nSPS) is 27.2. The van der Waals surface area contributed by atoms with Gasteiger partial charge in [-0.05, 0) is 0 Å². The van der Waals surface area contributed by atoms with Crippen molar-refractivity contribution in [1.82, 2.24) is 4.67 Å². The van der Waals surface area contributed by atoms with Crippen LogP contribution in [0.2, 0.25) is 0 Å². The Hall–Kier alpha value is 0.150. The highest BCUT2D eigenvalue weighted by molar-refractivity contribution is 7.55. The van der Waals surface area contributed by atoms with Gasteiger partial charge in [-0.2, -0.15) is 0 Å². The van der Waals surface area contributed by atoms with Gasteiger partial charge in [0.05, 0.1) is 0 Å². The van der Waals surface area contributed by atoms with Gasteiger partial charge in [0, 0.05) is 26.9 Å². The van der Waals surface area contributed by atoms with Gasteiger partial charge in [0.25, 0.3) is 7.52 Å². The maximum Gasteiger partial charge on any atom is 0.269 e. The molecule has 0 radical (unpaired) electrons. The molecule has 48 valence electrons. The summed E-state index contributed by atoms with van der Waals surface area (Å²) in [5.41, 5.74) is 0. The molecule has 4 heteroatoms. The van der Waals surface area contributed by atoms with E-state index in [1.807, 2.05) is 4.67 Å². The lowest BCUT2D eigenvalue weighted by atomic mass is 11.0. The summed E-state index contributed by atoms with van der Waals surface area (Å²) in [5.74, 6) is 0. The van der Waals surface area contributed by atoms with E-state index in [0.29, 0.717) is 0 Å². The Bertz CT molecular complexity index is 132. The first kappa shape index (κ1) is 6.27. The molecule has 0 bridgehead atoms. The summed E-state index contributed by atoms with van der Waals surface area (Å²) in [5, 5.41) is 0. The van der Waals surface area contributed by atoms with Crippen LogP contribution in [0.4, 0.5) is 0 Å². The van der Waals surface area contributed by atoms with Crippen molar-refractivity contribution in [3.05, 3.63) is 0 Å². The molecule has 0 aliphatic carbocycles. The van der Waals surface area contributed by atoms with Gasteiger partial charge in [-0.25, -0.2) is 4.67 Å². The van der Waals surface area contributed by atoms with Crippen molar-refractivity contribution in [2.45, 2.75) is 0 Å². The van der Waals surface area contributed by atoms with E-state index in [4.69, 9.17) is 4.52 Å². The second-order valence-electron chi connectivity index (χ2n) is 1.94. The average Bonchev–Trinajstić information content (AvgIpc) is 2.44. The number of nitrogens with zero attached hydrogens (tertiary/aromatic N) is 1. The molecule has 1 fully saturated rings. The van der Waals surface area contributed by atoms with Crippen LogP contribution in [0.15, 0.2) is 0 Å². The van der Waals surface area contributed by atoms with Gasteiger partial charge >= 0.3 is 0 Å². The predicted octanol–water partition coefficient (Wildman–Crippen LogP) is 0.771. The van der Waals surface area contributed by atoms with E-state index in [2.05, 4.69) is 0 Å². The zero-order valence-electron chi connectivity index (χ0n) is 5.13. The first-order valence-electron chi connectivity index (χ1n) is 2.55. The van der Waals surface area contributed by atoms with Crippen molar-refractivity contribution in [2.75, 3.05) is 26.9 Å². The third-order valence-electron chi connectivity index (χ3n) is 1.28. The van der Waals surface area contributed by atoms with E-state index < -0.39 is 7.52 Å². The summed E-state index contributed by atoms with van der Waals surface area (Å²) in [7, 11) is -0.816. The van der Waals surface area contributed by atoms with Crippen LogP contribution in [0.25, 0.3) is 0 Å². The zero-order valence-corrected chi connectivity index (χ0v) is 6.02. The SMILES string of the molecule is COP(C)(=O)N1CC1. The highest BCUT2D eigenvalue weighted by Crippen LogP contribution is 2.50. The lowest BCUT2D eigenvalue weighted by Crippen LogP contribution is -1.92. The largest absolute Gasteiger partial charge is 0.321 e. The van der Waals surface area contributed by atoms with Crippen molar-refractivity contribution >= 4 is 7.52 Å². The molecule has 0 spiro atoms. The summed E-state index contributed by atoms with van der Waals surface area (Å²) >= 11 is 0. The molecule has 0 N–H and O–H groups in total. The van der Waals surface area contributed by atoms with Gasteiger partial charge in [-0.3, -0.25) is 4.57 Å². The standard InChI is InChI=1S/C4H10NO2P/c1-7-8(2,6)5-3-4-5/h3-4H2,1-2H3. The second-order valence-corrected chi connectivity index (χ2v) is 4.48. The van der Waals surface area contributed by atoms with Crippen LogP contribution >= 0.6 is 7.52 Å². The predicted molar refractivity (Wildman–Crippen MR) is 32.1 cm³/mol. The van der Waals surface area contributed by atoms with Gasteiger partial charge < -0.3 is 4.52 Å².